The summed E-state index contributed by atoms with van der Waals surface area (Å²) in [5, 5.41) is 18.2. The van der Waals surface area contributed by atoms with Crippen molar-refractivity contribution in [3.8, 4) is 5.75 Å². The van der Waals surface area contributed by atoms with Crippen molar-refractivity contribution in [3.05, 3.63) is 132 Å². The first-order chi connectivity index (χ1) is 34.8. The van der Waals surface area contributed by atoms with Crippen molar-refractivity contribution in [2.75, 3.05) is 88.0 Å². The summed E-state index contributed by atoms with van der Waals surface area (Å²) < 4.78 is 6.02. The van der Waals surface area contributed by atoms with Gasteiger partial charge in [-0.15, -0.1) is 0 Å². The highest BCUT2D eigenvalue weighted by Gasteiger charge is 2.31. The lowest BCUT2D eigenvalue weighted by Gasteiger charge is -2.31. The van der Waals surface area contributed by atoms with Crippen molar-refractivity contribution >= 4 is 74.4 Å². The number of amides is 6. The van der Waals surface area contributed by atoms with Crippen LogP contribution in [0, 0.1) is 0 Å². The first-order valence-corrected chi connectivity index (χ1v) is 24.5. The number of allylic oxidation sites excluding steroid dienone is 1. The number of carbonyl (C=O) groups is 6. The molecule has 18 nitrogen and oxygen atoms in total. The van der Waals surface area contributed by atoms with Crippen molar-refractivity contribution in [3.63, 3.8) is 0 Å². The third-order valence-corrected chi connectivity index (χ3v) is 13.2. The van der Waals surface area contributed by atoms with Gasteiger partial charge in [0, 0.05) is 121 Å². The van der Waals surface area contributed by atoms with Crippen molar-refractivity contribution in [1.82, 2.24) is 35.6 Å². The number of unbranched alkanes of at least 4 members (excludes halogenated alkanes) is 1. The smallest absolute Gasteiger partial charge is 0.409 e. The van der Waals surface area contributed by atoms with Crippen molar-refractivity contribution in [2.24, 2.45) is 5.73 Å². The van der Waals surface area contributed by atoms with Crippen molar-refractivity contribution < 1.29 is 33.5 Å². The van der Waals surface area contributed by atoms with Gasteiger partial charge >= 0.3 is 6.09 Å². The summed E-state index contributed by atoms with van der Waals surface area (Å²) in [7, 11) is 2.03. The van der Waals surface area contributed by atoms with E-state index < -0.39 is 6.09 Å². The molecule has 5 aromatic rings. The highest BCUT2D eigenvalue weighted by molar-refractivity contribution is 6.13. The highest BCUT2D eigenvalue weighted by atomic mass is 16.6. The van der Waals surface area contributed by atoms with Crippen LogP contribution in [0.4, 0.5) is 21.9 Å². The van der Waals surface area contributed by atoms with Gasteiger partial charge in [0.2, 0.25) is 5.91 Å². The zero-order valence-corrected chi connectivity index (χ0v) is 40.7. The summed E-state index contributed by atoms with van der Waals surface area (Å²) in [4.78, 5) is 87.4. The second-order valence-corrected chi connectivity index (χ2v) is 18.3. The summed E-state index contributed by atoms with van der Waals surface area (Å²) in [6, 6.07) is 23.2. The predicted octanol–water partition coefficient (Wildman–Crippen LogP) is 5.46. The third-order valence-electron chi connectivity index (χ3n) is 13.2. The minimum atomic E-state index is -0.406. The van der Waals surface area contributed by atoms with Gasteiger partial charge in [0.25, 0.3) is 23.6 Å². The summed E-state index contributed by atoms with van der Waals surface area (Å²) in [6.07, 6.45) is 6.54. The number of imide groups is 1. The molecule has 8 rings (SSSR count). The van der Waals surface area contributed by atoms with Gasteiger partial charge in [-0.1, -0.05) is 43.8 Å². The molecule has 72 heavy (non-hydrogen) atoms. The van der Waals surface area contributed by atoms with Crippen LogP contribution in [0.1, 0.15) is 58.5 Å². The number of piperazine rings is 1. The average molecular weight is 978 g/mol. The molecule has 18 heteroatoms. The number of anilines is 3. The van der Waals surface area contributed by atoms with E-state index in [1.807, 2.05) is 43.4 Å². The highest BCUT2D eigenvalue weighted by Crippen LogP contribution is 2.41. The van der Waals surface area contributed by atoms with E-state index in [-0.39, 0.29) is 42.1 Å². The Morgan fingerprint density at radius 1 is 0.806 bits per heavy atom. The Labute approximate surface area is 418 Å². The van der Waals surface area contributed by atoms with Crippen LogP contribution >= 0.6 is 0 Å². The molecule has 3 aliphatic rings. The summed E-state index contributed by atoms with van der Waals surface area (Å²) >= 11 is 0. The molecule has 6 amide bonds. The zero-order chi connectivity index (χ0) is 50.7. The van der Waals surface area contributed by atoms with E-state index in [0.29, 0.717) is 105 Å². The van der Waals surface area contributed by atoms with E-state index >= 15 is 0 Å². The molecule has 0 saturated carbocycles. The number of fused-ring (bicyclic) bond motifs is 4. The number of aromatic nitrogens is 1. The maximum atomic E-state index is 14.2. The molecule has 0 unspecified atom stereocenters. The Balaban J connectivity index is 0.808. The van der Waals surface area contributed by atoms with Gasteiger partial charge in [0.05, 0.1) is 12.2 Å². The number of nitrogens with zero attached hydrogens (tertiary/aromatic N) is 4. The van der Waals surface area contributed by atoms with E-state index in [1.165, 1.54) is 17.1 Å². The Morgan fingerprint density at radius 3 is 2.29 bits per heavy atom. The fraction of sp³-hybridized carbons (Fsp3) is 0.333. The fourth-order valence-electron chi connectivity index (χ4n) is 9.15. The van der Waals surface area contributed by atoms with E-state index in [2.05, 4.69) is 49.6 Å². The first kappa shape index (κ1) is 50.6. The van der Waals surface area contributed by atoms with Crippen molar-refractivity contribution in [2.45, 2.75) is 44.6 Å². The molecule has 4 heterocycles. The van der Waals surface area contributed by atoms with E-state index in [1.54, 1.807) is 52.3 Å². The lowest BCUT2D eigenvalue weighted by molar-refractivity contribution is -0.136. The molecule has 8 N–H and O–H groups in total. The molecule has 3 aliphatic heterocycles. The van der Waals surface area contributed by atoms with Crippen LogP contribution in [0.25, 0.3) is 21.7 Å². The normalized spacial score (nSPS) is 14.9. The van der Waals surface area contributed by atoms with Gasteiger partial charge in [0.1, 0.15) is 11.4 Å². The molecule has 0 bridgehead atoms. The number of nitrogens with one attached hydrogen (secondary N) is 6. The van der Waals surface area contributed by atoms with E-state index in [9.17, 15) is 28.8 Å². The van der Waals surface area contributed by atoms with Gasteiger partial charge in [-0.25, -0.2) is 4.79 Å². The molecule has 4 aromatic carbocycles. The lowest BCUT2D eigenvalue weighted by Crippen LogP contribution is -2.48. The maximum Gasteiger partial charge on any atom is 0.415 e. The molecular formula is C54H63N11O7. The number of hydrogen-bond acceptors (Lipinski definition) is 12. The first-order valence-electron chi connectivity index (χ1n) is 24.5. The second-order valence-electron chi connectivity index (χ2n) is 18.3. The van der Waals surface area contributed by atoms with Gasteiger partial charge < -0.3 is 56.7 Å². The van der Waals surface area contributed by atoms with E-state index in [4.69, 9.17) is 10.5 Å². The molecule has 1 atom stereocenters. The predicted molar refractivity (Wildman–Crippen MR) is 280 cm³/mol. The molecule has 1 aromatic heterocycles. The Kier molecular flexibility index (Phi) is 16.4. The number of likely N-dealkylation sites (N-methyl/N-ethyl adjacent to an activating group) is 1. The van der Waals surface area contributed by atoms with Crippen LogP contribution in [0.5, 0.6) is 5.75 Å². The summed E-state index contributed by atoms with van der Waals surface area (Å²) in [6.45, 7) is 13.5. The SMILES string of the molecule is C=C(CCCN1C(=O)C=CC1=O)NCCN[C@@H](CCCCN)C(=C)NCC(=O)Nc1ccc(C(=O)Nc2ccc3[nH]c(C(=O)N4CCc5c4cc(OC(=O)N4CCN(C)CC4)c4ccccc54)cc3c2)cc1. The number of rotatable bonds is 22. The molecule has 0 aliphatic carbocycles. The summed E-state index contributed by atoms with van der Waals surface area (Å²) in [5.74, 6) is -1.02. The molecular weight excluding hydrogens is 915 g/mol. The Morgan fingerprint density at radius 2 is 1.54 bits per heavy atom. The van der Waals surface area contributed by atoms with Crippen LogP contribution < -0.4 is 42.0 Å². The van der Waals surface area contributed by atoms with Crippen molar-refractivity contribution in [1.29, 1.82) is 0 Å². The van der Waals surface area contributed by atoms with Crippen LogP contribution in [0.2, 0.25) is 0 Å². The minimum absolute atomic E-state index is 0.0182. The number of H-pyrrole nitrogens is 1. The summed E-state index contributed by atoms with van der Waals surface area (Å²) in [5.41, 5.74) is 11.5. The van der Waals surface area contributed by atoms with Gasteiger partial charge in [-0.2, -0.15) is 0 Å². The molecule has 0 spiro atoms. The number of hydrogen-bond donors (Lipinski definition) is 7. The monoisotopic (exact) mass is 977 g/mol. The number of carbonyl (C=O) groups excluding carboxylic acids is 6. The second kappa shape index (κ2) is 23.4. The topological polar surface area (TPSA) is 227 Å². The van der Waals surface area contributed by atoms with Crippen LogP contribution in [-0.4, -0.2) is 134 Å². The standard InChI is InChI=1S/C54H63N11O7/c1-35(9-8-25-65-50(67)19-20-51(65)68)56-23-24-57-44(12-6-7-22-55)36(2)58-34-49(66)59-39-15-13-37(14-16-39)52(69)60-40-17-18-45-38(31-40)32-46(61-45)53(70)64-26-21-42-41-10-4-5-11-43(41)48(33-47(42)64)72-54(71)63-29-27-62(3)28-30-63/h4-5,10-11,13-20,31-33,44,56-58,61H,1-2,6-9,12,21-30,34,55H2,3H3,(H,59,66)(H,60,69)/t44-/m0/s1. The van der Waals surface area contributed by atoms with Crippen LogP contribution in [-0.2, 0) is 20.8 Å². The molecule has 1 fully saturated rings. The lowest BCUT2D eigenvalue weighted by atomic mass is 10.0. The maximum absolute atomic E-state index is 14.2. The number of aromatic amines is 1. The molecule has 1 saturated heterocycles. The minimum Gasteiger partial charge on any atom is -0.409 e. The molecule has 376 valence electrons. The van der Waals surface area contributed by atoms with E-state index in [0.717, 1.165) is 65.3 Å². The van der Waals surface area contributed by atoms with Crippen LogP contribution in [0.15, 0.2) is 116 Å². The Bertz CT molecular complexity index is 2890. The average Bonchev–Trinajstić information content (AvgIpc) is 4.10. The zero-order valence-electron chi connectivity index (χ0n) is 40.7. The largest absolute Gasteiger partial charge is 0.415 e. The van der Waals surface area contributed by atoms with Gasteiger partial charge in [-0.3, -0.25) is 28.9 Å². The van der Waals surface area contributed by atoms with Gasteiger partial charge in [0.15, 0.2) is 0 Å². The number of benzene rings is 4. The Hall–Kier alpha value is -7.80. The van der Waals surface area contributed by atoms with Crippen LogP contribution in [0.3, 0.4) is 0 Å². The molecule has 0 radical (unpaired) electrons. The van der Waals surface area contributed by atoms with Gasteiger partial charge in [-0.05, 0) is 105 Å². The number of ether oxygens (including phenoxy) is 1. The fourth-order valence-corrected chi connectivity index (χ4v) is 9.15. The quantitative estimate of drug-likeness (QED) is 0.0339. The third kappa shape index (κ3) is 12.4. The number of nitrogens with two attached hydrogens (primary N) is 1.